The van der Waals surface area contributed by atoms with Crippen molar-refractivity contribution in [2.24, 2.45) is 13.0 Å². The highest BCUT2D eigenvalue weighted by Gasteiger charge is 2.16. The molecular weight excluding hydrogens is 352 g/mol. The van der Waals surface area contributed by atoms with Crippen LogP contribution in [0.1, 0.15) is 42.6 Å². The number of hydrogen-bond donors (Lipinski definition) is 2. The number of benzene rings is 1. The Labute approximate surface area is 166 Å². The summed E-state index contributed by atoms with van der Waals surface area (Å²) in [7, 11) is 1.91. The van der Waals surface area contributed by atoms with E-state index in [9.17, 15) is 9.59 Å². The van der Waals surface area contributed by atoms with Gasteiger partial charge >= 0.3 is 0 Å². The fourth-order valence-electron chi connectivity index (χ4n) is 3.64. The molecule has 1 aromatic carbocycles. The van der Waals surface area contributed by atoms with Crippen LogP contribution in [-0.2, 0) is 23.1 Å². The second-order valence-electron chi connectivity index (χ2n) is 7.38. The standard InChI is InChI=1S/C22H28N4O2/c1-15-18(16(2)26(3)25-15)12-13-21(27)23-19-10-6-7-11-20(19)24-22(28)14-17-8-4-5-9-17/h4,6-8,10-11,17H,5,9,12-14H2,1-3H3,(H,23,27)(H,24,28). The van der Waals surface area contributed by atoms with Gasteiger partial charge in [0.05, 0.1) is 17.1 Å². The summed E-state index contributed by atoms with van der Waals surface area (Å²) in [4.78, 5) is 24.8. The van der Waals surface area contributed by atoms with Gasteiger partial charge in [-0.25, -0.2) is 0 Å². The molecule has 1 aliphatic carbocycles. The number of hydrogen-bond acceptors (Lipinski definition) is 3. The maximum atomic E-state index is 12.5. The lowest BCUT2D eigenvalue weighted by Crippen LogP contribution is -2.18. The lowest BCUT2D eigenvalue weighted by Gasteiger charge is -2.13. The lowest BCUT2D eigenvalue weighted by molar-refractivity contribution is -0.117. The molecule has 148 valence electrons. The summed E-state index contributed by atoms with van der Waals surface area (Å²) in [6, 6.07) is 7.32. The topological polar surface area (TPSA) is 76.0 Å². The first-order chi connectivity index (χ1) is 13.4. The largest absolute Gasteiger partial charge is 0.324 e. The molecule has 6 nitrogen and oxygen atoms in total. The molecule has 2 N–H and O–H groups in total. The summed E-state index contributed by atoms with van der Waals surface area (Å²) in [6.07, 6.45) is 7.77. The number of nitrogens with one attached hydrogen (secondary N) is 2. The average molecular weight is 380 g/mol. The monoisotopic (exact) mass is 380 g/mol. The lowest BCUT2D eigenvalue weighted by atomic mass is 10.0. The summed E-state index contributed by atoms with van der Waals surface area (Å²) in [5.74, 6) is 0.204. The molecule has 1 aromatic heterocycles. The number of aromatic nitrogens is 2. The number of para-hydroxylation sites is 2. The highest BCUT2D eigenvalue weighted by atomic mass is 16.2. The maximum absolute atomic E-state index is 12.5. The van der Waals surface area contributed by atoms with Gasteiger partial charge in [0, 0.05) is 25.6 Å². The van der Waals surface area contributed by atoms with Crippen LogP contribution in [0, 0.1) is 19.8 Å². The van der Waals surface area contributed by atoms with Crippen LogP contribution in [0.3, 0.4) is 0 Å². The molecule has 0 saturated carbocycles. The van der Waals surface area contributed by atoms with Crippen LogP contribution >= 0.6 is 0 Å². The van der Waals surface area contributed by atoms with Gasteiger partial charge in [-0.2, -0.15) is 5.10 Å². The Kier molecular flexibility index (Phi) is 6.29. The fraction of sp³-hybridized carbons (Fsp3) is 0.409. The third-order valence-corrected chi connectivity index (χ3v) is 5.30. The first-order valence-corrected chi connectivity index (χ1v) is 9.78. The van der Waals surface area contributed by atoms with E-state index in [1.807, 2.05) is 49.8 Å². The van der Waals surface area contributed by atoms with Crippen molar-refractivity contribution in [2.45, 2.75) is 46.0 Å². The molecule has 0 radical (unpaired) electrons. The molecule has 3 rings (SSSR count). The minimum absolute atomic E-state index is 0.0279. The number of rotatable bonds is 7. The minimum Gasteiger partial charge on any atom is -0.324 e. The van der Waals surface area contributed by atoms with Crippen LogP contribution in [0.4, 0.5) is 11.4 Å². The quantitative estimate of drug-likeness (QED) is 0.715. The fourth-order valence-corrected chi connectivity index (χ4v) is 3.64. The van der Waals surface area contributed by atoms with Crippen LogP contribution in [0.25, 0.3) is 0 Å². The van der Waals surface area contributed by atoms with Gasteiger partial charge in [-0.05, 0) is 56.7 Å². The van der Waals surface area contributed by atoms with Crippen LogP contribution in [-0.4, -0.2) is 21.6 Å². The zero-order chi connectivity index (χ0) is 20.1. The van der Waals surface area contributed by atoms with E-state index >= 15 is 0 Å². The third kappa shape index (κ3) is 4.88. The summed E-state index contributed by atoms with van der Waals surface area (Å²) < 4.78 is 1.84. The second kappa shape index (κ2) is 8.87. The van der Waals surface area contributed by atoms with Gasteiger partial charge in [-0.1, -0.05) is 24.3 Å². The third-order valence-electron chi connectivity index (χ3n) is 5.30. The molecule has 1 atom stereocenters. The summed E-state index contributed by atoms with van der Waals surface area (Å²) >= 11 is 0. The molecule has 0 saturated heterocycles. The number of anilines is 2. The molecule has 0 bridgehead atoms. The van der Waals surface area contributed by atoms with Gasteiger partial charge in [0.15, 0.2) is 0 Å². The predicted octanol–water partition coefficient (Wildman–Crippen LogP) is 3.90. The van der Waals surface area contributed by atoms with Crippen LogP contribution < -0.4 is 10.6 Å². The molecule has 0 aliphatic heterocycles. The van der Waals surface area contributed by atoms with Crippen molar-refractivity contribution in [3.8, 4) is 0 Å². The van der Waals surface area contributed by atoms with Gasteiger partial charge in [0.1, 0.15) is 0 Å². The number of allylic oxidation sites excluding steroid dienone is 2. The second-order valence-corrected chi connectivity index (χ2v) is 7.38. The maximum Gasteiger partial charge on any atom is 0.225 e. The minimum atomic E-state index is -0.0805. The van der Waals surface area contributed by atoms with Crippen molar-refractivity contribution < 1.29 is 9.59 Å². The van der Waals surface area contributed by atoms with Gasteiger partial charge in [0.25, 0.3) is 0 Å². The smallest absolute Gasteiger partial charge is 0.225 e. The molecular formula is C22H28N4O2. The van der Waals surface area contributed by atoms with Gasteiger partial charge < -0.3 is 10.6 Å². The van der Waals surface area contributed by atoms with E-state index < -0.39 is 0 Å². The molecule has 1 unspecified atom stereocenters. The van der Waals surface area contributed by atoms with Crippen molar-refractivity contribution in [3.63, 3.8) is 0 Å². The molecule has 6 heteroatoms. The molecule has 1 heterocycles. The van der Waals surface area contributed by atoms with Crippen molar-refractivity contribution in [1.29, 1.82) is 0 Å². The highest BCUT2D eigenvalue weighted by molar-refractivity contribution is 5.99. The van der Waals surface area contributed by atoms with Gasteiger partial charge in [-0.15, -0.1) is 0 Å². The Hall–Kier alpha value is -2.89. The number of nitrogens with zero attached hydrogens (tertiary/aromatic N) is 2. The van der Waals surface area contributed by atoms with E-state index in [-0.39, 0.29) is 11.8 Å². The number of carbonyl (C=O) groups excluding carboxylic acids is 2. The molecule has 1 aliphatic rings. The number of carbonyl (C=O) groups is 2. The number of amides is 2. The Morgan fingerprint density at radius 3 is 2.39 bits per heavy atom. The molecule has 0 fully saturated rings. The zero-order valence-electron chi connectivity index (χ0n) is 16.8. The van der Waals surface area contributed by atoms with Crippen molar-refractivity contribution in [2.75, 3.05) is 10.6 Å². The predicted molar refractivity (Wildman–Crippen MR) is 111 cm³/mol. The van der Waals surface area contributed by atoms with E-state index in [0.717, 1.165) is 29.8 Å². The van der Waals surface area contributed by atoms with Gasteiger partial charge in [-0.3, -0.25) is 14.3 Å². The van der Waals surface area contributed by atoms with Crippen molar-refractivity contribution >= 4 is 23.2 Å². The zero-order valence-corrected chi connectivity index (χ0v) is 16.8. The first kappa shape index (κ1) is 19.9. The SMILES string of the molecule is Cc1nn(C)c(C)c1CCC(=O)Nc1ccccc1NC(=O)CC1C=CCC1. The van der Waals surface area contributed by atoms with Crippen LogP contribution in [0.15, 0.2) is 36.4 Å². The van der Waals surface area contributed by atoms with E-state index in [1.165, 1.54) is 0 Å². The van der Waals surface area contributed by atoms with Crippen LogP contribution in [0.5, 0.6) is 0 Å². The highest BCUT2D eigenvalue weighted by Crippen LogP contribution is 2.24. The molecule has 2 aromatic rings. The molecule has 28 heavy (non-hydrogen) atoms. The Bertz CT molecular complexity index is 898. The van der Waals surface area contributed by atoms with E-state index in [4.69, 9.17) is 0 Å². The molecule has 2 amide bonds. The normalized spacial score (nSPS) is 15.6. The Morgan fingerprint density at radius 2 is 1.82 bits per heavy atom. The first-order valence-electron chi connectivity index (χ1n) is 9.78. The molecule has 0 spiro atoms. The van der Waals surface area contributed by atoms with E-state index in [0.29, 0.717) is 36.6 Å². The van der Waals surface area contributed by atoms with Crippen molar-refractivity contribution in [1.82, 2.24) is 9.78 Å². The summed E-state index contributed by atoms with van der Waals surface area (Å²) in [5.41, 5.74) is 4.42. The summed E-state index contributed by atoms with van der Waals surface area (Å²) in [5, 5.41) is 10.3. The Balaban J connectivity index is 1.58. The van der Waals surface area contributed by atoms with Gasteiger partial charge in [0.2, 0.25) is 11.8 Å². The van der Waals surface area contributed by atoms with E-state index in [1.54, 1.807) is 0 Å². The Morgan fingerprint density at radius 1 is 1.14 bits per heavy atom. The average Bonchev–Trinajstić information content (AvgIpc) is 3.23. The van der Waals surface area contributed by atoms with Crippen molar-refractivity contribution in [3.05, 3.63) is 53.4 Å². The van der Waals surface area contributed by atoms with E-state index in [2.05, 4.69) is 27.9 Å². The summed E-state index contributed by atoms with van der Waals surface area (Å²) in [6.45, 7) is 3.97. The number of aryl methyl sites for hydroxylation is 2. The van der Waals surface area contributed by atoms with Crippen LogP contribution in [0.2, 0.25) is 0 Å².